The van der Waals surface area contributed by atoms with Crippen LogP contribution >= 0.6 is 0 Å². The van der Waals surface area contributed by atoms with Crippen LogP contribution in [0.5, 0.6) is 0 Å². The largest absolute Gasteiger partial charge is 0.378 e. The monoisotopic (exact) mass is 310 g/mol. The summed E-state index contributed by atoms with van der Waals surface area (Å²) < 4.78 is 33.2. The maximum atomic E-state index is 12.5. The predicted molar refractivity (Wildman–Crippen MR) is 80.9 cm³/mol. The topological polar surface area (TPSA) is 67.4 Å². The van der Waals surface area contributed by atoms with Crippen molar-refractivity contribution >= 4 is 10.0 Å². The number of aryl methyl sites for hydroxylation is 2. The lowest BCUT2D eigenvalue weighted by Gasteiger charge is -2.20. The van der Waals surface area contributed by atoms with Crippen LogP contribution in [0, 0.1) is 0 Å². The molecular weight excluding hydrogens is 288 g/mol. The molecule has 21 heavy (non-hydrogen) atoms. The molecule has 1 aliphatic carbocycles. The quantitative estimate of drug-likeness (QED) is 0.864. The van der Waals surface area contributed by atoms with Gasteiger partial charge in [-0.15, -0.1) is 0 Å². The second kappa shape index (κ2) is 6.04. The Morgan fingerprint density at radius 3 is 2.71 bits per heavy atom. The van der Waals surface area contributed by atoms with Gasteiger partial charge in [0.2, 0.25) is 10.0 Å². The summed E-state index contributed by atoms with van der Waals surface area (Å²) in [4.78, 5) is 0.366. The number of fused-ring (bicyclic) bond motifs is 1. The molecule has 1 heterocycles. The lowest BCUT2D eigenvalue weighted by atomic mass is 9.92. The normalized spacial score (nSPS) is 25.8. The Bertz CT molecular complexity index is 615. The summed E-state index contributed by atoms with van der Waals surface area (Å²) in [6.07, 6.45) is 4.26. The molecule has 0 amide bonds. The SMILES string of the molecule is CO[C@H]1CNCC1NS(=O)(=O)c1ccc2c(c1)CCCC2. The van der Waals surface area contributed by atoms with Crippen molar-refractivity contribution in [2.45, 2.75) is 42.7 Å². The third-order valence-electron chi connectivity index (χ3n) is 4.40. The van der Waals surface area contributed by atoms with Crippen molar-refractivity contribution in [2.24, 2.45) is 0 Å². The number of sulfonamides is 1. The van der Waals surface area contributed by atoms with E-state index in [0.717, 1.165) is 19.3 Å². The molecule has 1 unspecified atom stereocenters. The van der Waals surface area contributed by atoms with Gasteiger partial charge in [-0.05, 0) is 48.9 Å². The van der Waals surface area contributed by atoms with Crippen molar-refractivity contribution in [3.8, 4) is 0 Å². The summed E-state index contributed by atoms with van der Waals surface area (Å²) in [5, 5.41) is 3.15. The average molecular weight is 310 g/mol. The summed E-state index contributed by atoms with van der Waals surface area (Å²) in [5.74, 6) is 0. The molecule has 0 saturated carbocycles. The molecule has 0 bridgehead atoms. The number of nitrogens with one attached hydrogen (secondary N) is 2. The molecule has 2 aliphatic rings. The van der Waals surface area contributed by atoms with Gasteiger partial charge in [0.05, 0.1) is 17.0 Å². The highest BCUT2D eigenvalue weighted by atomic mass is 32.2. The minimum Gasteiger partial charge on any atom is -0.378 e. The van der Waals surface area contributed by atoms with E-state index in [1.807, 2.05) is 12.1 Å². The zero-order chi connectivity index (χ0) is 14.9. The Morgan fingerprint density at radius 2 is 1.95 bits per heavy atom. The Labute approximate surface area is 126 Å². The van der Waals surface area contributed by atoms with Crippen LogP contribution in [0.15, 0.2) is 23.1 Å². The van der Waals surface area contributed by atoms with E-state index in [4.69, 9.17) is 4.74 Å². The van der Waals surface area contributed by atoms with E-state index in [0.29, 0.717) is 18.0 Å². The summed E-state index contributed by atoms with van der Waals surface area (Å²) >= 11 is 0. The first-order chi connectivity index (χ1) is 10.1. The molecule has 0 aromatic heterocycles. The van der Waals surface area contributed by atoms with Gasteiger partial charge >= 0.3 is 0 Å². The lowest BCUT2D eigenvalue weighted by Crippen LogP contribution is -2.43. The number of hydrogen-bond donors (Lipinski definition) is 2. The van der Waals surface area contributed by atoms with Gasteiger partial charge in [-0.25, -0.2) is 13.1 Å². The first kappa shape index (κ1) is 15.0. The van der Waals surface area contributed by atoms with Crippen molar-refractivity contribution in [1.82, 2.24) is 10.0 Å². The van der Waals surface area contributed by atoms with Gasteiger partial charge in [0.15, 0.2) is 0 Å². The van der Waals surface area contributed by atoms with E-state index >= 15 is 0 Å². The van der Waals surface area contributed by atoms with Crippen LogP contribution in [-0.4, -0.2) is 40.8 Å². The standard InChI is InChI=1S/C15H22N2O3S/c1-20-15-10-16-9-14(15)17-21(18,19)13-7-6-11-4-2-3-5-12(11)8-13/h6-8,14-17H,2-5,9-10H2,1H3/t14?,15-/m0/s1. The summed E-state index contributed by atoms with van der Waals surface area (Å²) in [6, 6.07) is 5.30. The predicted octanol–water partition coefficient (Wildman–Crippen LogP) is 0.830. The minimum absolute atomic E-state index is 0.114. The minimum atomic E-state index is -3.49. The van der Waals surface area contributed by atoms with E-state index < -0.39 is 10.0 Å². The Morgan fingerprint density at radius 1 is 1.19 bits per heavy atom. The number of ether oxygens (including phenoxy) is 1. The van der Waals surface area contributed by atoms with Gasteiger partial charge in [0, 0.05) is 20.2 Å². The molecule has 0 radical (unpaired) electrons. The molecule has 1 saturated heterocycles. The van der Waals surface area contributed by atoms with E-state index in [1.54, 1.807) is 13.2 Å². The van der Waals surface area contributed by atoms with E-state index in [-0.39, 0.29) is 12.1 Å². The van der Waals surface area contributed by atoms with Crippen LogP contribution in [0.25, 0.3) is 0 Å². The third kappa shape index (κ3) is 3.13. The molecule has 6 heteroatoms. The molecular formula is C15H22N2O3S. The number of methoxy groups -OCH3 is 1. The fraction of sp³-hybridized carbons (Fsp3) is 0.600. The molecule has 116 valence electrons. The van der Waals surface area contributed by atoms with Crippen LogP contribution < -0.4 is 10.0 Å². The van der Waals surface area contributed by atoms with E-state index in [9.17, 15) is 8.42 Å². The van der Waals surface area contributed by atoms with Crippen LogP contribution in [0.1, 0.15) is 24.0 Å². The number of rotatable bonds is 4. The van der Waals surface area contributed by atoms with Crippen LogP contribution in [0.4, 0.5) is 0 Å². The van der Waals surface area contributed by atoms with Crippen LogP contribution in [0.2, 0.25) is 0 Å². The smallest absolute Gasteiger partial charge is 0.240 e. The van der Waals surface area contributed by atoms with Gasteiger partial charge in [-0.3, -0.25) is 0 Å². The first-order valence-corrected chi connectivity index (χ1v) is 8.96. The van der Waals surface area contributed by atoms with Crippen LogP contribution in [-0.2, 0) is 27.6 Å². The molecule has 1 fully saturated rings. The maximum Gasteiger partial charge on any atom is 0.240 e. The summed E-state index contributed by atoms with van der Waals surface area (Å²) in [7, 11) is -1.88. The molecule has 5 nitrogen and oxygen atoms in total. The highest BCUT2D eigenvalue weighted by molar-refractivity contribution is 7.89. The highest BCUT2D eigenvalue weighted by Crippen LogP contribution is 2.24. The van der Waals surface area contributed by atoms with Crippen LogP contribution in [0.3, 0.4) is 0 Å². The van der Waals surface area contributed by atoms with Crippen molar-refractivity contribution in [3.63, 3.8) is 0 Å². The zero-order valence-electron chi connectivity index (χ0n) is 12.3. The van der Waals surface area contributed by atoms with Crippen molar-refractivity contribution in [2.75, 3.05) is 20.2 Å². The summed E-state index contributed by atoms with van der Waals surface area (Å²) in [5.41, 5.74) is 2.47. The second-order valence-corrected chi connectivity index (χ2v) is 7.51. The van der Waals surface area contributed by atoms with E-state index in [2.05, 4.69) is 10.0 Å². The van der Waals surface area contributed by atoms with Gasteiger partial charge < -0.3 is 10.1 Å². The van der Waals surface area contributed by atoms with Gasteiger partial charge in [-0.2, -0.15) is 0 Å². The molecule has 2 atom stereocenters. The van der Waals surface area contributed by atoms with Crippen molar-refractivity contribution < 1.29 is 13.2 Å². The van der Waals surface area contributed by atoms with Gasteiger partial charge in [-0.1, -0.05) is 6.07 Å². The van der Waals surface area contributed by atoms with Gasteiger partial charge in [0.25, 0.3) is 0 Å². The number of benzene rings is 1. The Kier molecular flexibility index (Phi) is 4.31. The fourth-order valence-electron chi connectivity index (χ4n) is 3.16. The second-order valence-electron chi connectivity index (χ2n) is 5.80. The molecule has 2 N–H and O–H groups in total. The zero-order valence-corrected chi connectivity index (χ0v) is 13.1. The Hall–Kier alpha value is -0.950. The molecule has 1 aromatic carbocycles. The van der Waals surface area contributed by atoms with Crippen molar-refractivity contribution in [3.05, 3.63) is 29.3 Å². The highest BCUT2D eigenvalue weighted by Gasteiger charge is 2.31. The van der Waals surface area contributed by atoms with Crippen molar-refractivity contribution in [1.29, 1.82) is 0 Å². The lowest BCUT2D eigenvalue weighted by molar-refractivity contribution is 0.103. The molecule has 1 aliphatic heterocycles. The molecule has 0 spiro atoms. The first-order valence-electron chi connectivity index (χ1n) is 7.48. The van der Waals surface area contributed by atoms with Gasteiger partial charge in [0.1, 0.15) is 0 Å². The number of hydrogen-bond acceptors (Lipinski definition) is 4. The Balaban J connectivity index is 1.81. The average Bonchev–Trinajstić information content (AvgIpc) is 2.93. The summed E-state index contributed by atoms with van der Waals surface area (Å²) in [6.45, 7) is 1.27. The van der Waals surface area contributed by atoms with E-state index in [1.165, 1.54) is 17.5 Å². The fourth-order valence-corrected chi connectivity index (χ4v) is 4.48. The molecule has 1 aromatic rings. The maximum absolute atomic E-state index is 12.5. The third-order valence-corrected chi connectivity index (χ3v) is 5.89. The molecule has 3 rings (SSSR count).